The molecule has 0 amide bonds. The molecule has 0 aromatic heterocycles. The lowest BCUT2D eigenvalue weighted by Crippen LogP contribution is -2.00. The SMILES string of the molecule is CC(C)[Si]C(=C=O)C1=CC1. The Bertz CT molecular complexity index is 209. The van der Waals surface area contributed by atoms with Crippen LogP contribution in [0, 0.1) is 0 Å². The molecule has 0 atom stereocenters. The van der Waals surface area contributed by atoms with Crippen LogP contribution in [0.5, 0.6) is 0 Å². The summed E-state index contributed by atoms with van der Waals surface area (Å²) in [5.41, 5.74) is 1.82. The summed E-state index contributed by atoms with van der Waals surface area (Å²) in [5, 5.41) is 0.912. The molecule has 1 nitrogen and oxygen atoms in total. The van der Waals surface area contributed by atoms with Crippen LogP contribution in [0.4, 0.5) is 0 Å². The first kappa shape index (κ1) is 7.51. The topological polar surface area (TPSA) is 17.1 Å². The van der Waals surface area contributed by atoms with Crippen molar-refractivity contribution < 1.29 is 4.79 Å². The summed E-state index contributed by atoms with van der Waals surface area (Å²) in [6.07, 6.45) is 3.10. The zero-order chi connectivity index (χ0) is 7.56. The van der Waals surface area contributed by atoms with E-state index in [1.807, 2.05) is 5.94 Å². The van der Waals surface area contributed by atoms with Crippen molar-refractivity contribution in [2.75, 3.05) is 0 Å². The van der Waals surface area contributed by atoms with E-state index in [1.54, 1.807) is 0 Å². The number of rotatable bonds is 3. The van der Waals surface area contributed by atoms with Crippen LogP contribution in [-0.2, 0) is 4.79 Å². The summed E-state index contributed by atoms with van der Waals surface area (Å²) in [6, 6.07) is 0. The van der Waals surface area contributed by atoms with E-state index in [2.05, 4.69) is 19.9 Å². The maximum Gasteiger partial charge on any atom is 0.123 e. The number of hydrogen-bond acceptors (Lipinski definition) is 1. The molecule has 10 heavy (non-hydrogen) atoms. The summed E-state index contributed by atoms with van der Waals surface area (Å²) < 4.78 is 0. The molecule has 0 aromatic rings. The van der Waals surface area contributed by atoms with E-state index in [1.165, 1.54) is 5.57 Å². The van der Waals surface area contributed by atoms with Gasteiger partial charge >= 0.3 is 0 Å². The fraction of sp³-hybridized carbons (Fsp3) is 0.500. The van der Waals surface area contributed by atoms with Gasteiger partial charge in [-0.1, -0.05) is 19.9 Å². The Morgan fingerprint density at radius 1 is 1.80 bits per heavy atom. The number of hydrogen-bond donors (Lipinski definition) is 0. The van der Waals surface area contributed by atoms with E-state index in [4.69, 9.17) is 0 Å². The van der Waals surface area contributed by atoms with Gasteiger partial charge in [-0.15, -0.1) is 0 Å². The Balaban J connectivity index is 2.50. The Kier molecular flexibility index (Phi) is 2.25. The highest BCUT2D eigenvalue weighted by Crippen LogP contribution is 2.26. The highest BCUT2D eigenvalue weighted by atomic mass is 28.2. The third-order valence-corrected chi connectivity index (χ3v) is 2.55. The largest absolute Gasteiger partial charge is 0.234 e. The first-order valence-electron chi connectivity index (χ1n) is 3.45. The third-order valence-electron chi connectivity index (χ3n) is 1.26. The highest BCUT2D eigenvalue weighted by Gasteiger charge is 2.15. The van der Waals surface area contributed by atoms with Crippen LogP contribution in [0.25, 0.3) is 0 Å². The van der Waals surface area contributed by atoms with Crippen molar-refractivity contribution in [3.63, 3.8) is 0 Å². The number of allylic oxidation sites excluding steroid dienone is 3. The van der Waals surface area contributed by atoms with Gasteiger partial charge in [-0.2, -0.15) is 0 Å². The van der Waals surface area contributed by atoms with Crippen molar-refractivity contribution in [2.24, 2.45) is 0 Å². The Morgan fingerprint density at radius 3 is 2.70 bits per heavy atom. The molecule has 0 aromatic carbocycles. The van der Waals surface area contributed by atoms with Gasteiger partial charge in [0.25, 0.3) is 0 Å². The summed E-state index contributed by atoms with van der Waals surface area (Å²) in [5.74, 6) is 2.01. The van der Waals surface area contributed by atoms with Crippen LogP contribution in [0.1, 0.15) is 20.3 Å². The molecule has 0 bridgehead atoms. The van der Waals surface area contributed by atoms with Gasteiger partial charge in [-0.25, -0.2) is 4.79 Å². The lowest BCUT2D eigenvalue weighted by atomic mass is 10.5. The van der Waals surface area contributed by atoms with Crippen LogP contribution >= 0.6 is 0 Å². The predicted octanol–water partition coefficient (Wildman–Crippen LogP) is 1.56. The zero-order valence-corrected chi connectivity index (χ0v) is 7.27. The van der Waals surface area contributed by atoms with Gasteiger partial charge in [0.2, 0.25) is 0 Å². The minimum absolute atomic E-state index is 0.595. The van der Waals surface area contributed by atoms with E-state index in [9.17, 15) is 4.79 Å². The molecule has 1 rings (SSSR count). The van der Waals surface area contributed by atoms with Crippen LogP contribution in [0.2, 0.25) is 5.54 Å². The van der Waals surface area contributed by atoms with E-state index in [0.717, 1.165) is 11.6 Å². The van der Waals surface area contributed by atoms with Gasteiger partial charge in [0.15, 0.2) is 0 Å². The monoisotopic (exact) mass is 150 g/mol. The molecule has 0 aliphatic heterocycles. The molecule has 0 unspecified atom stereocenters. The predicted molar refractivity (Wildman–Crippen MR) is 42.8 cm³/mol. The van der Waals surface area contributed by atoms with Crippen molar-refractivity contribution in [3.05, 3.63) is 16.8 Å². The second-order valence-electron chi connectivity index (χ2n) is 2.71. The maximum atomic E-state index is 10.3. The normalized spacial score (nSPS) is 14.5. The van der Waals surface area contributed by atoms with E-state index < -0.39 is 0 Å². The van der Waals surface area contributed by atoms with Crippen LogP contribution < -0.4 is 0 Å². The van der Waals surface area contributed by atoms with Crippen LogP contribution in [-0.4, -0.2) is 15.5 Å². The molecular weight excluding hydrogens is 140 g/mol. The van der Waals surface area contributed by atoms with E-state index in [-0.39, 0.29) is 0 Å². The lowest BCUT2D eigenvalue weighted by Gasteiger charge is -1.99. The first-order valence-corrected chi connectivity index (χ1v) is 4.53. The summed E-state index contributed by atoms with van der Waals surface area (Å²) in [6.45, 7) is 4.25. The smallest absolute Gasteiger partial charge is 0.123 e. The zero-order valence-electron chi connectivity index (χ0n) is 6.27. The molecule has 0 fully saturated rings. The average molecular weight is 150 g/mol. The molecule has 0 heterocycles. The third kappa shape index (κ3) is 1.98. The first-order chi connectivity index (χ1) is 4.74. The Hall–Kier alpha value is -0.593. The highest BCUT2D eigenvalue weighted by molar-refractivity contribution is 6.51. The van der Waals surface area contributed by atoms with Crippen molar-refractivity contribution in [3.8, 4) is 0 Å². The standard InChI is InChI=1S/C8H10OSi/c1-6(2)10-8(5-9)7-3-4-7/h3,6H,4H2,1-2H3. The summed E-state index contributed by atoms with van der Waals surface area (Å²) in [7, 11) is 0.647. The van der Waals surface area contributed by atoms with Gasteiger partial charge in [-0.05, 0) is 17.5 Å². The Morgan fingerprint density at radius 2 is 2.40 bits per heavy atom. The van der Waals surface area contributed by atoms with Gasteiger partial charge in [0, 0.05) is 5.20 Å². The minimum Gasteiger partial charge on any atom is -0.234 e. The fourth-order valence-electron chi connectivity index (χ4n) is 0.732. The molecule has 0 saturated heterocycles. The van der Waals surface area contributed by atoms with Crippen molar-refractivity contribution in [1.82, 2.24) is 0 Å². The molecule has 0 saturated carbocycles. The number of carbonyl (C=O) groups excluding carboxylic acids is 1. The van der Waals surface area contributed by atoms with Crippen molar-refractivity contribution in [2.45, 2.75) is 25.8 Å². The quantitative estimate of drug-likeness (QED) is 0.441. The molecule has 2 radical (unpaired) electrons. The minimum atomic E-state index is 0.595. The molecule has 0 spiro atoms. The van der Waals surface area contributed by atoms with E-state index >= 15 is 0 Å². The second-order valence-corrected chi connectivity index (χ2v) is 4.65. The molecule has 0 N–H and O–H groups in total. The van der Waals surface area contributed by atoms with Crippen molar-refractivity contribution >= 4 is 15.5 Å². The average Bonchev–Trinajstić information content (AvgIpc) is 2.63. The van der Waals surface area contributed by atoms with Crippen molar-refractivity contribution in [1.29, 1.82) is 0 Å². The molecule has 1 aliphatic carbocycles. The molecule has 52 valence electrons. The van der Waals surface area contributed by atoms with Gasteiger partial charge in [0.05, 0.1) is 9.52 Å². The van der Waals surface area contributed by atoms with E-state index in [0.29, 0.717) is 15.1 Å². The molecule has 2 heteroatoms. The van der Waals surface area contributed by atoms with Crippen LogP contribution in [0.3, 0.4) is 0 Å². The summed E-state index contributed by atoms with van der Waals surface area (Å²) in [4.78, 5) is 10.3. The molecular formula is C8H10OSi. The second kappa shape index (κ2) is 3.00. The van der Waals surface area contributed by atoms with Gasteiger partial charge in [0.1, 0.15) is 5.94 Å². The van der Waals surface area contributed by atoms with Crippen LogP contribution in [0.15, 0.2) is 16.8 Å². The summed E-state index contributed by atoms with van der Waals surface area (Å²) >= 11 is 0. The lowest BCUT2D eigenvalue weighted by molar-refractivity contribution is 0.568. The Labute approximate surface area is 63.6 Å². The fourth-order valence-corrected chi connectivity index (χ4v) is 1.76. The van der Waals surface area contributed by atoms with Gasteiger partial charge < -0.3 is 0 Å². The van der Waals surface area contributed by atoms with Gasteiger partial charge in [-0.3, -0.25) is 0 Å². The maximum absolute atomic E-state index is 10.3. The molecule has 1 aliphatic rings.